The number of aryl methyl sites for hydroxylation is 2. The molecule has 1 aromatic heterocycles. The minimum atomic E-state index is -0.151. The number of fused-ring (bicyclic) bond motifs is 2. The fourth-order valence-electron chi connectivity index (χ4n) is 5.14. The monoisotopic (exact) mass is 372 g/mol. The Morgan fingerprint density at radius 3 is 2.85 bits per heavy atom. The molecule has 1 aromatic rings. The van der Waals surface area contributed by atoms with Gasteiger partial charge in [0.25, 0.3) is 5.56 Å². The molecule has 148 valence electrons. The molecule has 0 radical (unpaired) electrons. The summed E-state index contributed by atoms with van der Waals surface area (Å²) in [6, 6.07) is 2.32. The van der Waals surface area contributed by atoms with Crippen LogP contribution in [0.25, 0.3) is 0 Å². The fraction of sp³-hybridized carbons (Fsp3) is 0.762. The molecule has 6 heteroatoms. The molecule has 27 heavy (non-hydrogen) atoms. The summed E-state index contributed by atoms with van der Waals surface area (Å²) in [5.41, 5.74) is 1.93. The molecule has 1 N–H and O–H groups in total. The van der Waals surface area contributed by atoms with Crippen LogP contribution in [0.4, 0.5) is 0 Å². The number of nitrogens with zero attached hydrogens (tertiary/aromatic N) is 3. The van der Waals surface area contributed by atoms with E-state index in [0.717, 1.165) is 43.5 Å². The number of amides is 1. The number of aromatic nitrogens is 2. The molecule has 0 saturated carbocycles. The van der Waals surface area contributed by atoms with Crippen molar-refractivity contribution in [3.8, 4) is 0 Å². The van der Waals surface area contributed by atoms with Crippen LogP contribution in [0.1, 0.15) is 62.6 Å². The van der Waals surface area contributed by atoms with E-state index >= 15 is 0 Å². The lowest BCUT2D eigenvalue weighted by molar-refractivity contribution is -0.122. The lowest BCUT2D eigenvalue weighted by Gasteiger charge is -2.44. The maximum absolute atomic E-state index is 12.5. The van der Waals surface area contributed by atoms with E-state index in [-0.39, 0.29) is 18.0 Å². The smallest absolute Gasteiger partial charge is 0.267 e. The summed E-state index contributed by atoms with van der Waals surface area (Å²) in [5.74, 6) is 0.450. The number of rotatable bonds is 4. The quantitative estimate of drug-likeness (QED) is 0.820. The molecule has 6 nitrogen and oxygen atoms in total. The van der Waals surface area contributed by atoms with Crippen molar-refractivity contribution in [1.29, 1.82) is 0 Å². The maximum Gasteiger partial charge on any atom is 0.267 e. The highest BCUT2D eigenvalue weighted by Crippen LogP contribution is 2.30. The molecule has 4 rings (SSSR count). The van der Waals surface area contributed by atoms with Gasteiger partial charge in [0.15, 0.2) is 0 Å². The van der Waals surface area contributed by atoms with Gasteiger partial charge in [-0.1, -0.05) is 12.8 Å². The number of hydrogen-bond acceptors (Lipinski definition) is 4. The lowest BCUT2D eigenvalue weighted by Crippen LogP contribution is -2.51. The summed E-state index contributed by atoms with van der Waals surface area (Å²) in [6.45, 7) is 3.18. The third-order valence-electron chi connectivity index (χ3n) is 6.61. The molecule has 2 aliphatic heterocycles. The molecular formula is C21H32N4O2. The van der Waals surface area contributed by atoms with Crippen molar-refractivity contribution in [2.24, 2.45) is 5.92 Å². The van der Waals surface area contributed by atoms with Gasteiger partial charge in [-0.2, -0.15) is 5.10 Å². The van der Waals surface area contributed by atoms with Crippen LogP contribution < -0.4 is 10.9 Å². The van der Waals surface area contributed by atoms with Crippen LogP contribution >= 0.6 is 0 Å². The zero-order valence-corrected chi connectivity index (χ0v) is 16.3. The van der Waals surface area contributed by atoms with E-state index in [4.69, 9.17) is 0 Å². The van der Waals surface area contributed by atoms with Crippen molar-refractivity contribution >= 4 is 5.91 Å². The summed E-state index contributed by atoms with van der Waals surface area (Å²) in [5, 5.41) is 7.60. The van der Waals surface area contributed by atoms with Crippen LogP contribution in [0.15, 0.2) is 10.9 Å². The highest BCUT2D eigenvalue weighted by molar-refractivity contribution is 5.75. The van der Waals surface area contributed by atoms with Gasteiger partial charge in [-0.3, -0.25) is 9.59 Å². The molecule has 1 aliphatic carbocycles. The van der Waals surface area contributed by atoms with Crippen LogP contribution in [0.3, 0.4) is 0 Å². The van der Waals surface area contributed by atoms with Crippen LogP contribution in [0, 0.1) is 5.92 Å². The minimum Gasteiger partial charge on any atom is -0.354 e. The Morgan fingerprint density at radius 2 is 1.93 bits per heavy atom. The predicted octanol–water partition coefficient (Wildman–Crippen LogP) is 1.89. The Morgan fingerprint density at radius 1 is 1.07 bits per heavy atom. The van der Waals surface area contributed by atoms with E-state index in [2.05, 4.69) is 15.3 Å². The van der Waals surface area contributed by atoms with Crippen molar-refractivity contribution < 1.29 is 4.79 Å². The van der Waals surface area contributed by atoms with Crippen LogP contribution in [-0.2, 0) is 24.2 Å². The molecule has 0 aromatic carbocycles. The molecule has 0 spiro atoms. The number of carbonyl (C=O) groups is 1. The second kappa shape index (κ2) is 8.55. The van der Waals surface area contributed by atoms with E-state index in [1.807, 2.05) is 0 Å². The third-order valence-corrected chi connectivity index (χ3v) is 6.61. The van der Waals surface area contributed by atoms with Gasteiger partial charge in [-0.25, -0.2) is 4.68 Å². The normalized spacial score (nSPS) is 25.9. The average Bonchev–Trinajstić information content (AvgIpc) is 2.91. The van der Waals surface area contributed by atoms with Gasteiger partial charge in [0, 0.05) is 18.7 Å². The van der Waals surface area contributed by atoms with Gasteiger partial charge < -0.3 is 10.2 Å². The van der Waals surface area contributed by atoms with Crippen LogP contribution in [0.2, 0.25) is 0 Å². The van der Waals surface area contributed by atoms with Crippen molar-refractivity contribution in [1.82, 2.24) is 20.0 Å². The summed E-state index contributed by atoms with van der Waals surface area (Å²) in [6.07, 6.45) is 11.6. The second-order valence-corrected chi connectivity index (χ2v) is 8.48. The Bertz CT molecular complexity index is 727. The lowest BCUT2D eigenvalue weighted by atomic mass is 9.83. The molecule has 3 heterocycles. The van der Waals surface area contributed by atoms with Gasteiger partial charge in [0.2, 0.25) is 5.91 Å². The summed E-state index contributed by atoms with van der Waals surface area (Å²) >= 11 is 0. The Hall–Kier alpha value is -1.69. The minimum absolute atomic E-state index is 0.0349. The van der Waals surface area contributed by atoms with Crippen molar-refractivity contribution in [3.05, 3.63) is 27.7 Å². The zero-order chi connectivity index (χ0) is 18.6. The maximum atomic E-state index is 12.5. The van der Waals surface area contributed by atoms with Gasteiger partial charge >= 0.3 is 0 Å². The first kappa shape index (κ1) is 18.7. The molecule has 3 aliphatic rings. The first-order valence-corrected chi connectivity index (χ1v) is 10.8. The van der Waals surface area contributed by atoms with E-state index in [1.54, 1.807) is 6.07 Å². The van der Waals surface area contributed by atoms with Gasteiger partial charge in [0.05, 0.1) is 5.69 Å². The molecule has 1 amide bonds. The van der Waals surface area contributed by atoms with Crippen LogP contribution in [0.5, 0.6) is 0 Å². The highest BCUT2D eigenvalue weighted by atomic mass is 16.2. The molecule has 2 saturated heterocycles. The zero-order valence-electron chi connectivity index (χ0n) is 16.3. The highest BCUT2D eigenvalue weighted by Gasteiger charge is 2.32. The number of nitrogens with one attached hydrogen (secondary N) is 1. The van der Waals surface area contributed by atoms with Crippen molar-refractivity contribution in [2.75, 3.05) is 19.6 Å². The second-order valence-electron chi connectivity index (χ2n) is 8.48. The molecule has 0 unspecified atom stereocenters. The first-order valence-electron chi connectivity index (χ1n) is 10.8. The van der Waals surface area contributed by atoms with Crippen molar-refractivity contribution in [3.63, 3.8) is 0 Å². The van der Waals surface area contributed by atoms with Gasteiger partial charge in [-0.15, -0.1) is 0 Å². The number of carbonyl (C=O) groups excluding carboxylic acids is 1. The Kier molecular flexibility index (Phi) is 5.91. The SMILES string of the molecule is O=C(Cn1nc2c(cc1=O)CCCCC2)NC[C@@H]1CCCN2CCCC[C@H]12. The summed E-state index contributed by atoms with van der Waals surface area (Å²) < 4.78 is 1.35. The fourth-order valence-corrected chi connectivity index (χ4v) is 5.14. The van der Waals surface area contributed by atoms with E-state index in [0.29, 0.717) is 12.0 Å². The number of piperidine rings is 2. The molecule has 0 bridgehead atoms. The largest absolute Gasteiger partial charge is 0.354 e. The predicted molar refractivity (Wildman–Crippen MR) is 105 cm³/mol. The topological polar surface area (TPSA) is 67.2 Å². The molecule has 2 atom stereocenters. The van der Waals surface area contributed by atoms with Gasteiger partial charge in [0.1, 0.15) is 6.54 Å². The average molecular weight is 373 g/mol. The number of hydrogen-bond donors (Lipinski definition) is 1. The first-order chi connectivity index (χ1) is 13.2. The molecule has 2 fully saturated rings. The van der Waals surface area contributed by atoms with Crippen molar-refractivity contribution in [2.45, 2.75) is 76.8 Å². The molecular weight excluding hydrogens is 340 g/mol. The van der Waals surface area contributed by atoms with E-state index in [9.17, 15) is 9.59 Å². The third kappa shape index (κ3) is 4.42. The van der Waals surface area contributed by atoms with E-state index in [1.165, 1.54) is 56.3 Å². The van der Waals surface area contributed by atoms with E-state index < -0.39 is 0 Å². The van der Waals surface area contributed by atoms with Gasteiger partial charge in [-0.05, 0) is 75.9 Å². The Balaban J connectivity index is 1.35. The van der Waals surface area contributed by atoms with Crippen LogP contribution in [-0.4, -0.2) is 46.3 Å². The summed E-state index contributed by atoms with van der Waals surface area (Å²) in [7, 11) is 0. The standard InChI is InChI=1S/C21H32N4O2/c26-20(22-14-17-8-6-12-24-11-5-4-10-19(17)24)15-25-21(27)13-16-7-2-1-3-9-18(16)23-25/h13,17,19H,1-12,14-15H2,(H,22,26)/t17-,19+/m0/s1. The summed E-state index contributed by atoms with van der Waals surface area (Å²) in [4.78, 5) is 27.4. The Labute approximate surface area is 161 Å².